The molecule has 0 heterocycles. The van der Waals surface area contributed by atoms with Crippen LogP contribution < -0.4 is 5.32 Å². The molecule has 4 nitrogen and oxygen atoms in total. The summed E-state index contributed by atoms with van der Waals surface area (Å²) in [6, 6.07) is 4.25. The van der Waals surface area contributed by atoms with Gasteiger partial charge in [0.05, 0.1) is 7.11 Å². The second-order valence-electron chi connectivity index (χ2n) is 3.58. The van der Waals surface area contributed by atoms with Crippen LogP contribution in [0.4, 0.5) is 4.39 Å². The summed E-state index contributed by atoms with van der Waals surface area (Å²) in [6.07, 6.45) is 1.77. The Morgan fingerprint density at radius 1 is 1.44 bits per heavy atom. The number of amides is 1. The molecule has 0 aliphatic heterocycles. The summed E-state index contributed by atoms with van der Waals surface area (Å²) in [5.41, 5.74) is 0.273. The number of rotatable bonds is 5. The van der Waals surface area contributed by atoms with E-state index in [9.17, 15) is 14.0 Å². The molecule has 0 radical (unpaired) electrons. The number of carbonyl (C=O) groups excluding carboxylic acids is 2. The van der Waals surface area contributed by atoms with Gasteiger partial charge in [-0.2, -0.15) is 0 Å². The van der Waals surface area contributed by atoms with Gasteiger partial charge in [-0.3, -0.25) is 4.79 Å². The average Bonchev–Trinajstić information content (AvgIpc) is 2.38. The van der Waals surface area contributed by atoms with Crippen LogP contribution in [0.25, 0.3) is 0 Å². The zero-order chi connectivity index (χ0) is 13.5. The summed E-state index contributed by atoms with van der Waals surface area (Å²) < 4.78 is 17.3. The number of ether oxygens (including phenoxy) is 1. The Kier molecular flexibility index (Phi) is 5.05. The smallest absolute Gasteiger partial charge is 0.328 e. The van der Waals surface area contributed by atoms with Gasteiger partial charge in [-0.05, 0) is 30.7 Å². The SMILES string of the molecule is C=CC[C@@H](NC(=O)c1ccc(F)cc1)C(=O)OC. The first-order chi connectivity index (χ1) is 8.58. The normalized spacial score (nSPS) is 11.4. The summed E-state index contributed by atoms with van der Waals surface area (Å²) in [6.45, 7) is 3.50. The molecular formula is C13H14FNO3. The number of nitrogens with one attached hydrogen (secondary N) is 1. The fourth-order valence-electron chi connectivity index (χ4n) is 1.37. The van der Waals surface area contributed by atoms with Gasteiger partial charge in [-0.1, -0.05) is 6.08 Å². The standard InChI is InChI=1S/C13H14FNO3/c1-3-4-11(13(17)18-2)15-12(16)9-5-7-10(14)8-6-9/h3,5-8,11H,1,4H2,2H3,(H,15,16)/t11-/m1/s1. The molecule has 96 valence electrons. The largest absolute Gasteiger partial charge is 0.467 e. The van der Waals surface area contributed by atoms with E-state index in [0.717, 1.165) is 0 Å². The van der Waals surface area contributed by atoms with E-state index in [-0.39, 0.29) is 12.0 Å². The molecule has 18 heavy (non-hydrogen) atoms. The van der Waals surface area contributed by atoms with Gasteiger partial charge in [0.15, 0.2) is 0 Å². The van der Waals surface area contributed by atoms with Crippen LogP contribution in [0, 0.1) is 5.82 Å². The van der Waals surface area contributed by atoms with Gasteiger partial charge < -0.3 is 10.1 Å². The second-order valence-corrected chi connectivity index (χ2v) is 3.58. The minimum absolute atomic E-state index is 0.264. The molecule has 0 bridgehead atoms. The van der Waals surface area contributed by atoms with Crippen molar-refractivity contribution in [1.29, 1.82) is 0 Å². The van der Waals surface area contributed by atoms with Crippen molar-refractivity contribution in [2.45, 2.75) is 12.5 Å². The van der Waals surface area contributed by atoms with Crippen LogP contribution in [0.5, 0.6) is 0 Å². The van der Waals surface area contributed by atoms with Crippen molar-refractivity contribution in [1.82, 2.24) is 5.32 Å². The molecule has 0 spiro atoms. The molecule has 5 heteroatoms. The maximum atomic E-state index is 12.7. The molecule has 1 N–H and O–H groups in total. The second kappa shape index (κ2) is 6.54. The van der Waals surface area contributed by atoms with Crippen molar-refractivity contribution in [2.24, 2.45) is 0 Å². The molecule has 0 aliphatic carbocycles. The van der Waals surface area contributed by atoms with E-state index in [1.165, 1.54) is 37.5 Å². The molecule has 0 saturated carbocycles. The third-order valence-electron chi connectivity index (χ3n) is 2.30. The highest BCUT2D eigenvalue weighted by molar-refractivity contribution is 5.96. The van der Waals surface area contributed by atoms with Crippen LogP contribution >= 0.6 is 0 Å². The third-order valence-corrected chi connectivity index (χ3v) is 2.30. The van der Waals surface area contributed by atoms with E-state index in [0.29, 0.717) is 0 Å². The van der Waals surface area contributed by atoms with Crippen molar-refractivity contribution < 1.29 is 18.7 Å². The molecule has 1 amide bonds. The van der Waals surface area contributed by atoms with Crippen LogP contribution in [0.3, 0.4) is 0 Å². The Balaban J connectivity index is 2.74. The van der Waals surface area contributed by atoms with E-state index in [1.807, 2.05) is 0 Å². The van der Waals surface area contributed by atoms with Gasteiger partial charge in [0.1, 0.15) is 11.9 Å². The van der Waals surface area contributed by atoms with Gasteiger partial charge in [0, 0.05) is 5.56 Å². The Bertz CT molecular complexity index is 442. The van der Waals surface area contributed by atoms with Gasteiger partial charge in [-0.25, -0.2) is 9.18 Å². The lowest BCUT2D eigenvalue weighted by Gasteiger charge is -2.14. The first kappa shape index (κ1) is 13.9. The fraction of sp³-hybridized carbons (Fsp3) is 0.231. The molecule has 0 aliphatic rings. The summed E-state index contributed by atoms with van der Waals surface area (Å²) >= 11 is 0. The Hall–Kier alpha value is -2.17. The van der Waals surface area contributed by atoms with Crippen molar-refractivity contribution in [3.63, 3.8) is 0 Å². The summed E-state index contributed by atoms with van der Waals surface area (Å²) in [4.78, 5) is 23.2. The highest BCUT2D eigenvalue weighted by Crippen LogP contribution is 2.04. The van der Waals surface area contributed by atoms with E-state index in [2.05, 4.69) is 16.6 Å². The molecule has 1 rings (SSSR count). The van der Waals surface area contributed by atoms with Crippen LogP contribution in [0.15, 0.2) is 36.9 Å². The first-order valence-electron chi connectivity index (χ1n) is 5.33. The lowest BCUT2D eigenvalue weighted by Crippen LogP contribution is -2.41. The van der Waals surface area contributed by atoms with Gasteiger partial charge >= 0.3 is 5.97 Å². The Labute approximate surface area is 104 Å². The van der Waals surface area contributed by atoms with Gasteiger partial charge in [-0.15, -0.1) is 6.58 Å². The van der Waals surface area contributed by atoms with Crippen molar-refractivity contribution in [2.75, 3.05) is 7.11 Å². The molecule has 0 saturated heterocycles. The molecule has 0 fully saturated rings. The number of benzene rings is 1. The van der Waals surface area contributed by atoms with E-state index < -0.39 is 23.7 Å². The third kappa shape index (κ3) is 3.69. The highest BCUT2D eigenvalue weighted by Gasteiger charge is 2.20. The zero-order valence-corrected chi connectivity index (χ0v) is 9.98. The molecule has 1 aromatic rings. The summed E-state index contributed by atoms with van der Waals surface area (Å²) in [5, 5.41) is 2.50. The quantitative estimate of drug-likeness (QED) is 0.639. The molecule has 0 aromatic heterocycles. The van der Waals surface area contributed by atoms with Crippen molar-refractivity contribution >= 4 is 11.9 Å². The topological polar surface area (TPSA) is 55.4 Å². The summed E-state index contributed by atoms with van der Waals surface area (Å²) in [5.74, 6) is -1.44. The molecule has 1 aromatic carbocycles. The number of hydrogen-bond donors (Lipinski definition) is 1. The Morgan fingerprint density at radius 2 is 2.06 bits per heavy atom. The molecule has 1 atom stereocenters. The Morgan fingerprint density at radius 3 is 2.56 bits per heavy atom. The first-order valence-corrected chi connectivity index (χ1v) is 5.33. The van der Waals surface area contributed by atoms with Gasteiger partial charge in [0.2, 0.25) is 0 Å². The number of carbonyl (C=O) groups is 2. The summed E-state index contributed by atoms with van der Waals surface area (Å²) in [7, 11) is 1.24. The van der Waals surface area contributed by atoms with E-state index in [1.54, 1.807) is 0 Å². The van der Waals surface area contributed by atoms with Crippen molar-refractivity contribution in [3.8, 4) is 0 Å². The number of halogens is 1. The highest BCUT2D eigenvalue weighted by atomic mass is 19.1. The fourth-order valence-corrected chi connectivity index (χ4v) is 1.37. The number of methoxy groups -OCH3 is 1. The lowest BCUT2D eigenvalue weighted by atomic mass is 10.1. The van der Waals surface area contributed by atoms with E-state index >= 15 is 0 Å². The van der Waals surface area contributed by atoms with E-state index in [4.69, 9.17) is 0 Å². The monoisotopic (exact) mass is 251 g/mol. The van der Waals surface area contributed by atoms with Crippen LogP contribution in [-0.4, -0.2) is 25.0 Å². The number of hydrogen-bond acceptors (Lipinski definition) is 3. The minimum atomic E-state index is -0.787. The molecular weight excluding hydrogens is 237 g/mol. The zero-order valence-electron chi connectivity index (χ0n) is 9.98. The van der Waals surface area contributed by atoms with Crippen LogP contribution in [-0.2, 0) is 9.53 Å². The predicted molar refractivity (Wildman–Crippen MR) is 64.5 cm³/mol. The maximum absolute atomic E-state index is 12.7. The lowest BCUT2D eigenvalue weighted by molar-refractivity contribution is -0.142. The van der Waals surface area contributed by atoms with Gasteiger partial charge in [0.25, 0.3) is 5.91 Å². The molecule has 0 unspecified atom stereocenters. The van der Waals surface area contributed by atoms with Crippen molar-refractivity contribution in [3.05, 3.63) is 48.3 Å². The average molecular weight is 251 g/mol. The van der Waals surface area contributed by atoms with Crippen LogP contribution in [0.1, 0.15) is 16.8 Å². The number of esters is 1. The minimum Gasteiger partial charge on any atom is -0.467 e. The maximum Gasteiger partial charge on any atom is 0.328 e. The predicted octanol–water partition coefficient (Wildman–Crippen LogP) is 1.67. The van der Waals surface area contributed by atoms with Crippen LogP contribution in [0.2, 0.25) is 0 Å².